The number of carboxylic acids is 1. The fourth-order valence-corrected chi connectivity index (χ4v) is 3.93. The highest BCUT2D eigenvalue weighted by atomic mass is 32.2. The highest BCUT2D eigenvalue weighted by molar-refractivity contribution is 7.91. The summed E-state index contributed by atoms with van der Waals surface area (Å²) >= 11 is 1.06. The first-order valence-electron chi connectivity index (χ1n) is 5.93. The van der Waals surface area contributed by atoms with Crippen LogP contribution in [0, 0.1) is 12.3 Å². The van der Waals surface area contributed by atoms with Crippen molar-refractivity contribution in [3.8, 4) is 0 Å². The maximum Gasteiger partial charge on any atom is 0.310 e. The third kappa shape index (κ3) is 3.52. The Kier molecular flexibility index (Phi) is 5.05. The van der Waals surface area contributed by atoms with E-state index < -0.39 is 21.4 Å². The molecule has 0 aliphatic heterocycles. The summed E-state index contributed by atoms with van der Waals surface area (Å²) in [6.45, 7) is 5.07. The summed E-state index contributed by atoms with van der Waals surface area (Å²) in [5.41, 5.74) is -1.06. The fourth-order valence-electron chi connectivity index (χ4n) is 1.65. The second kappa shape index (κ2) is 5.98. The molecule has 0 unspecified atom stereocenters. The Bertz CT molecular complexity index is 547. The lowest BCUT2D eigenvalue weighted by molar-refractivity contribution is -0.149. The van der Waals surface area contributed by atoms with Crippen LogP contribution in [0.25, 0.3) is 0 Å². The molecule has 2 N–H and O–H groups in total. The van der Waals surface area contributed by atoms with Gasteiger partial charge in [0, 0.05) is 6.54 Å². The first-order chi connectivity index (χ1) is 8.77. The van der Waals surface area contributed by atoms with Crippen LogP contribution in [-0.2, 0) is 14.8 Å². The highest BCUT2D eigenvalue weighted by Gasteiger charge is 2.36. The minimum atomic E-state index is -3.68. The molecular weight excluding hydrogens is 288 g/mol. The van der Waals surface area contributed by atoms with Gasteiger partial charge in [-0.2, -0.15) is 0 Å². The highest BCUT2D eigenvalue weighted by Crippen LogP contribution is 2.27. The van der Waals surface area contributed by atoms with E-state index in [4.69, 9.17) is 0 Å². The van der Waals surface area contributed by atoms with Gasteiger partial charge in [0.25, 0.3) is 10.0 Å². The van der Waals surface area contributed by atoms with E-state index in [9.17, 15) is 18.3 Å². The first kappa shape index (κ1) is 16.1. The van der Waals surface area contributed by atoms with Gasteiger partial charge in [-0.15, -0.1) is 11.3 Å². The molecule has 6 nitrogen and oxygen atoms in total. The number of nitrogens with zero attached hydrogens (tertiary/aromatic N) is 1. The predicted molar refractivity (Wildman–Crippen MR) is 72.7 cm³/mol. The maximum absolute atomic E-state index is 12.0. The summed E-state index contributed by atoms with van der Waals surface area (Å²) in [5, 5.41) is 9.90. The molecule has 0 fully saturated rings. The van der Waals surface area contributed by atoms with Crippen LogP contribution in [0.3, 0.4) is 0 Å². The molecule has 0 spiro atoms. The fraction of sp³-hybridized carbons (Fsp3) is 0.636. The van der Waals surface area contributed by atoms with Crippen LogP contribution >= 0.6 is 11.3 Å². The normalized spacial score (nSPS) is 12.6. The number of sulfonamides is 1. The van der Waals surface area contributed by atoms with E-state index in [0.717, 1.165) is 11.3 Å². The molecule has 1 rings (SSSR count). The molecule has 1 aromatic heterocycles. The van der Waals surface area contributed by atoms with Gasteiger partial charge in [0.15, 0.2) is 4.21 Å². The van der Waals surface area contributed by atoms with Crippen molar-refractivity contribution >= 4 is 27.3 Å². The molecule has 0 radical (unpaired) electrons. The van der Waals surface area contributed by atoms with Crippen molar-refractivity contribution in [1.82, 2.24) is 9.71 Å². The van der Waals surface area contributed by atoms with E-state index in [-0.39, 0.29) is 10.8 Å². The molecule has 0 aliphatic rings. The van der Waals surface area contributed by atoms with E-state index in [1.807, 2.05) is 0 Å². The predicted octanol–water partition coefficient (Wildman–Crippen LogP) is 1.62. The van der Waals surface area contributed by atoms with Gasteiger partial charge >= 0.3 is 5.97 Å². The van der Waals surface area contributed by atoms with E-state index in [1.54, 1.807) is 20.8 Å². The number of aromatic nitrogens is 1. The second-order valence-corrected chi connectivity index (χ2v) is 7.54. The molecule has 0 aliphatic carbocycles. The SMILES string of the molecule is CCC(CC)(CNS(=O)(=O)c1cnc(C)s1)C(=O)O. The zero-order chi connectivity index (χ0) is 14.7. The molecule has 19 heavy (non-hydrogen) atoms. The van der Waals surface area contributed by atoms with Crippen LogP contribution in [0.2, 0.25) is 0 Å². The number of carbonyl (C=O) groups is 1. The minimum Gasteiger partial charge on any atom is -0.481 e. The standard InChI is InChI=1S/C11H18N2O4S2/c1-4-11(5-2,10(14)15)7-13-19(16,17)9-6-12-8(3)18-9/h6,13H,4-5,7H2,1-3H3,(H,14,15). The topological polar surface area (TPSA) is 96.4 Å². The Balaban J connectivity index is 2.88. The number of rotatable bonds is 7. The Hall–Kier alpha value is -0.990. The van der Waals surface area contributed by atoms with Crippen LogP contribution in [0.1, 0.15) is 31.7 Å². The van der Waals surface area contributed by atoms with Gasteiger partial charge in [-0.3, -0.25) is 4.79 Å². The number of nitrogens with one attached hydrogen (secondary N) is 1. The lowest BCUT2D eigenvalue weighted by Gasteiger charge is -2.26. The van der Waals surface area contributed by atoms with Crippen molar-refractivity contribution in [2.45, 2.75) is 37.8 Å². The van der Waals surface area contributed by atoms with Gasteiger partial charge in [0.1, 0.15) is 0 Å². The molecule has 1 aromatic rings. The Labute approximate surface area is 116 Å². The lowest BCUT2D eigenvalue weighted by Crippen LogP contribution is -2.42. The van der Waals surface area contributed by atoms with Gasteiger partial charge in [0.2, 0.25) is 0 Å². The number of hydrogen-bond acceptors (Lipinski definition) is 5. The summed E-state index contributed by atoms with van der Waals surface area (Å²) in [6.07, 6.45) is 2.01. The van der Waals surface area contributed by atoms with Crippen molar-refractivity contribution in [3.05, 3.63) is 11.2 Å². The average Bonchev–Trinajstić information content (AvgIpc) is 2.78. The molecule has 108 valence electrons. The van der Waals surface area contributed by atoms with Crippen LogP contribution in [0.4, 0.5) is 0 Å². The number of carboxylic acid groups (broad SMARTS) is 1. The Morgan fingerprint density at radius 2 is 2.05 bits per heavy atom. The average molecular weight is 306 g/mol. The molecule has 0 atom stereocenters. The van der Waals surface area contributed by atoms with Crippen molar-refractivity contribution in [2.75, 3.05) is 6.54 Å². The molecule has 0 saturated heterocycles. The van der Waals surface area contributed by atoms with E-state index >= 15 is 0 Å². The van der Waals surface area contributed by atoms with Gasteiger partial charge < -0.3 is 5.11 Å². The third-order valence-electron chi connectivity index (χ3n) is 3.27. The molecule has 8 heteroatoms. The van der Waals surface area contributed by atoms with Crippen molar-refractivity contribution < 1.29 is 18.3 Å². The van der Waals surface area contributed by atoms with Crippen LogP contribution in [0.5, 0.6) is 0 Å². The summed E-state index contributed by atoms with van der Waals surface area (Å²) in [7, 11) is -3.68. The molecule has 0 aromatic carbocycles. The Morgan fingerprint density at radius 1 is 1.47 bits per heavy atom. The van der Waals surface area contributed by atoms with Crippen molar-refractivity contribution in [1.29, 1.82) is 0 Å². The molecular formula is C11H18N2O4S2. The summed E-state index contributed by atoms with van der Waals surface area (Å²) in [5.74, 6) is -0.985. The van der Waals surface area contributed by atoms with E-state index in [0.29, 0.717) is 17.8 Å². The number of hydrogen-bond donors (Lipinski definition) is 2. The van der Waals surface area contributed by atoms with Gasteiger partial charge in [-0.25, -0.2) is 18.1 Å². The number of aryl methyl sites for hydroxylation is 1. The monoisotopic (exact) mass is 306 g/mol. The summed E-state index contributed by atoms with van der Waals surface area (Å²) < 4.78 is 26.5. The zero-order valence-corrected chi connectivity index (χ0v) is 12.8. The summed E-state index contributed by atoms with van der Waals surface area (Å²) in [4.78, 5) is 15.2. The zero-order valence-electron chi connectivity index (χ0n) is 11.1. The molecule has 0 amide bonds. The van der Waals surface area contributed by atoms with E-state index in [2.05, 4.69) is 9.71 Å². The van der Waals surface area contributed by atoms with Crippen LogP contribution in [-0.4, -0.2) is 31.0 Å². The molecule has 1 heterocycles. The van der Waals surface area contributed by atoms with Gasteiger partial charge in [-0.1, -0.05) is 13.8 Å². The van der Waals surface area contributed by atoms with Crippen molar-refractivity contribution in [2.24, 2.45) is 5.41 Å². The minimum absolute atomic E-state index is 0.108. The second-order valence-electron chi connectivity index (χ2n) is 4.32. The quantitative estimate of drug-likeness (QED) is 0.798. The number of aliphatic carboxylic acids is 1. The number of thiazole rings is 1. The summed E-state index contributed by atoms with van der Waals surface area (Å²) in [6, 6.07) is 0. The Morgan fingerprint density at radius 3 is 2.42 bits per heavy atom. The van der Waals surface area contributed by atoms with Gasteiger partial charge in [0.05, 0.1) is 16.6 Å². The van der Waals surface area contributed by atoms with Crippen molar-refractivity contribution in [3.63, 3.8) is 0 Å². The van der Waals surface area contributed by atoms with Crippen LogP contribution < -0.4 is 4.72 Å². The van der Waals surface area contributed by atoms with E-state index in [1.165, 1.54) is 6.20 Å². The largest absolute Gasteiger partial charge is 0.481 e. The molecule has 0 bridgehead atoms. The maximum atomic E-state index is 12.0. The smallest absolute Gasteiger partial charge is 0.310 e. The lowest BCUT2D eigenvalue weighted by atomic mass is 9.83. The molecule has 0 saturated carbocycles. The van der Waals surface area contributed by atoms with Crippen LogP contribution in [0.15, 0.2) is 10.4 Å². The first-order valence-corrected chi connectivity index (χ1v) is 8.23. The third-order valence-corrected chi connectivity index (χ3v) is 6.05. The van der Waals surface area contributed by atoms with Gasteiger partial charge in [-0.05, 0) is 19.8 Å².